The predicted molar refractivity (Wildman–Crippen MR) is 240 cm³/mol. The fraction of sp³-hybridized carbons (Fsp3) is 0.318. The second-order valence-corrected chi connectivity index (χ2v) is 17.2. The molecule has 2 fully saturated rings. The maximum absolute atomic E-state index is 12.7. The maximum atomic E-state index is 12.7. The molecule has 0 spiro atoms. The highest BCUT2D eigenvalue weighted by Gasteiger charge is 2.30. The molecule has 0 saturated carbocycles. The molecule has 0 aliphatic carbocycles. The van der Waals surface area contributed by atoms with Crippen molar-refractivity contribution in [2.75, 3.05) is 54.0 Å². The van der Waals surface area contributed by atoms with Gasteiger partial charge in [-0.2, -0.15) is 4.57 Å². The Morgan fingerprint density at radius 1 is 0.694 bits per heavy atom. The van der Waals surface area contributed by atoms with Crippen LogP contribution < -0.4 is 30.0 Å². The third-order valence-electron chi connectivity index (χ3n) is 9.93. The normalized spacial score (nSPS) is 20.2. The average molecular weight is 889 g/mol. The third kappa shape index (κ3) is 14.7. The lowest BCUT2D eigenvalue weighted by Gasteiger charge is -2.17. The molecule has 2 aliphatic heterocycles. The Bertz CT molecular complexity index is 2110. The zero-order valence-electron chi connectivity index (χ0n) is 33.8. The van der Waals surface area contributed by atoms with Crippen LogP contribution in [0, 0.1) is 0 Å². The Morgan fingerprint density at radius 3 is 1.58 bits per heavy atom. The van der Waals surface area contributed by atoms with Gasteiger partial charge in [0.2, 0.25) is 13.1 Å². The van der Waals surface area contributed by atoms with Gasteiger partial charge >= 0.3 is 11.9 Å². The summed E-state index contributed by atoms with van der Waals surface area (Å²) in [5.74, 6) is -3.69. The number of carbonyl (C=O) groups is 4. The summed E-state index contributed by atoms with van der Waals surface area (Å²) < 4.78 is 1.61. The van der Waals surface area contributed by atoms with Crippen LogP contribution in [0.1, 0.15) is 16.7 Å². The van der Waals surface area contributed by atoms with E-state index < -0.39 is 60.3 Å². The number of benzene rings is 2. The first kappa shape index (κ1) is 47.3. The van der Waals surface area contributed by atoms with Gasteiger partial charge < -0.3 is 51.1 Å². The lowest BCUT2D eigenvalue weighted by Crippen LogP contribution is -2.73. The molecular formula is C44H52N6O10S2+2. The van der Waals surface area contributed by atoms with Crippen LogP contribution in [-0.4, -0.2) is 141 Å². The number of carboxylic acids is 2. The van der Waals surface area contributed by atoms with Crippen LogP contribution in [0.4, 0.5) is 11.4 Å². The highest BCUT2D eigenvalue weighted by atomic mass is 33.1. The number of aliphatic hydroxyl groups excluding tert-OH is 4. The zero-order valence-corrected chi connectivity index (χ0v) is 35.4. The van der Waals surface area contributed by atoms with Crippen LogP contribution in [-0.2, 0) is 25.7 Å². The molecule has 2 saturated heterocycles. The monoisotopic (exact) mass is 888 g/mol. The van der Waals surface area contributed by atoms with Crippen molar-refractivity contribution in [1.29, 1.82) is 0 Å². The zero-order chi connectivity index (χ0) is 44.6. The van der Waals surface area contributed by atoms with Gasteiger partial charge in [0, 0.05) is 67.3 Å². The van der Waals surface area contributed by atoms with E-state index in [2.05, 4.69) is 22.2 Å². The van der Waals surface area contributed by atoms with E-state index in [4.69, 9.17) is 0 Å². The fourth-order valence-electron chi connectivity index (χ4n) is 6.35. The number of hydrogen-bond acceptors (Lipinski definition) is 12. The SMILES string of the molecule is C=CC(/C=C/c1ccc(N2CC(O)C(O)C2)cc1)=C\C=[NH+]CC(=O)NC(CSSCC(NC(=O)C[n+]1ccc(/C=C/c2ccc(N3CC(O)C(O)C3)cc2)cc1)C(=O)O)C(=O)O. The molecule has 6 atom stereocenters. The smallest absolute Gasteiger partial charge is 0.327 e. The highest BCUT2D eigenvalue weighted by Crippen LogP contribution is 2.25. The summed E-state index contributed by atoms with van der Waals surface area (Å²) in [6, 6.07) is 16.5. The molecule has 3 aromatic rings. The molecule has 0 bridgehead atoms. The number of amides is 2. The highest BCUT2D eigenvalue weighted by molar-refractivity contribution is 8.76. The van der Waals surface area contributed by atoms with Crippen molar-refractivity contribution in [3.63, 3.8) is 0 Å². The molecule has 2 amide bonds. The number of carbonyl (C=O) groups excluding carboxylic acids is 2. The minimum absolute atomic E-state index is 0.0494. The van der Waals surface area contributed by atoms with Gasteiger partial charge in [-0.05, 0) is 46.5 Å². The van der Waals surface area contributed by atoms with E-state index in [1.165, 1.54) is 0 Å². The summed E-state index contributed by atoms with van der Waals surface area (Å²) in [4.78, 5) is 55.7. The number of β-amino-alcohol motifs (C(OH)–C–C–N with tert-alkyl or cyclic N) is 4. The number of aliphatic hydroxyl groups is 4. The van der Waals surface area contributed by atoms with E-state index in [0.29, 0.717) is 26.2 Å². The number of carboxylic acid groups (broad SMARTS) is 2. The summed E-state index contributed by atoms with van der Waals surface area (Å²) in [5, 5.41) is 63.5. The standard InChI is InChI=1S/C44H50N6O10S2/c1-2-29(3-4-30-7-11-33(12-8-30)49-22-37(51)38(52)23-49)15-18-45-21-41(55)46-35(43(57)58)27-61-62-28-36(44(59)60)47-42(56)26-48-19-16-32(17-20-48)6-5-31-9-13-34(14-10-31)50-24-39(53)40(54)25-50/h2-20,35-40,51-54H,1,21-28H2,(H3-,46,47,55,56,57,58,59,60)/p+2/b4-3+,29-15+,45-18?. The van der Waals surface area contributed by atoms with Gasteiger partial charge in [0.1, 0.15) is 12.1 Å². The quantitative estimate of drug-likeness (QED) is 0.0220. The Balaban J connectivity index is 0.996. The van der Waals surface area contributed by atoms with Crippen molar-refractivity contribution >= 4 is 81.2 Å². The summed E-state index contributed by atoms with van der Waals surface area (Å²) in [6.45, 7) is 4.97. The average Bonchev–Trinajstić information content (AvgIpc) is 3.78. The molecule has 3 heterocycles. The lowest BCUT2D eigenvalue weighted by molar-refractivity contribution is -0.684. The molecule has 62 heavy (non-hydrogen) atoms. The molecule has 5 rings (SSSR count). The Labute approximate surface area is 367 Å². The van der Waals surface area contributed by atoms with Gasteiger partial charge in [0.05, 0.1) is 24.4 Å². The molecule has 6 unspecified atom stereocenters. The first-order valence-electron chi connectivity index (χ1n) is 19.7. The number of aromatic nitrogens is 1. The van der Waals surface area contributed by atoms with Gasteiger partial charge in [0.15, 0.2) is 18.6 Å². The number of nitrogens with one attached hydrogen (secondary N) is 3. The van der Waals surface area contributed by atoms with Crippen LogP contribution in [0.25, 0.3) is 18.2 Å². The van der Waals surface area contributed by atoms with Crippen LogP contribution in [0.3, 0.4) is 0 Å². The molecule has 0 radical (unpaired) electrons. The van der Waals surface area contributed by atoms with Gasteiger partial charge in [-0.1, -0.05) is 82.8 Å². The summed E-state index contributed by atoms with van der Waals surface area (Å²) in [5.41, 5.74) is 5.29. The molecule has 18 heteroatoms. The lowest BCUT2D eigenvalue weighted by atomic mass is 10.1. The largest absolute Gasteiger partial charge is 0.480 e. The van der Waals surface area contributed by atoms with E-state index in [9.17, 15) is 49.8 Å². The van der Waals surface area contributed by atoms with Gasteiger partial charge in [-0.25, -0.2) is 14.6 Å². The minimum Gasteiger partial charge on any atom is -0.480 e. The maximum Gasteiger partial charge on any atom is 0.327 e. The Kier molecular flexibility index (Phi) is 17.9. The molecule has 9 N–H and O–H groups in total. The van der Waals surface area contributed by atoms with Crippen molar-refractivity contribution in [1.82, 2.24) is 10.6 Å². The van der Waals surface area contributed by atoms with Crippen LogP contribution in [0.15, 0.2) is 103 Å². The van der Waals surface area contributed by atoms with Gasteiger partial charge in [-0.15, -0.1) is 0 Å². The van der Waals surface area contributed by atoms with E-state index in [1.807, 2.05) is 94.8 Å². The van der Waals surface area contributed by atoms with Crippen molar-refractivity contribution < 1.29 is 59.4 Å². The van der Waals surface area contributed by atoms with E-state index >= 15 is 0 Å². The number of aliphatic carboxylic acids is 2. The Hall–Kier alpha value is -5.76. The van der Waals surface area contributed by atoms with Crippen molar-refractivity contribution in [3.05, 3.63) is 120 Å². The molecule has 2 aromatic carbocycles. The number of allylic oxidation sites excluding steroid dienone is 4. The fourth-order valence-corrected chi connectivity index (χ4v) is 8.66. The predicted octanol–water partition coefficient (Wildman–Crippen LogP) is -0.274. The van der Waals surface area contributed by atoms with Gasteiger partial charge in [-0.3, -0.25) is 9.59 Å². The minimum atomic E-state index is -1.25. The van der Waals surface area contributed by atoms with Gasteiger partial charge in [0.25, 0.3) is 11.8 Å². The van der Waals surface area contributed by atoms with E-state index in [-0.39, 0.29) is 24.6 Å². The number of rotatable bonds is 21. The number of pyridine rings is 1. The van der Waals surface area contributed by atoms with Crippen molar-refractivity contribution in [3.8, 4) is 0 Å². The summed E-state index contributed by atoms with van der Waals surface area (Å²) >= 11 is 0. The second-order valence-electron chi connectivity index (χ2n) is 14.6. The summed E-state index contributed by atoms with van der Waals surface area (Å²) in [6.07, 6.45) is 12.8. The number of hydrogen-bond donors (Lipinski definition) is 9. The first-order chi connectivity index (χ1) is 29.8. The van der Waals surface area contributed by atoms with E-state index in [0.717, 1.165) is 55.2 Å². The van der Waals surface area contributed by atoms with E-state index in [1.54, 1.807) is 35.3 Å². The number of nitrogens with zero attached hydrogens (tertiary/aromatic N) is 3. The topological polar surface area (TPSA) is 238 Å². The summed E-state index contributed by atoms with van der Waals surface area (Å²) in [7, 11) is 2.13. The molecular weight excluding hydrogens is 837 g/mol. The molecule has 328 valence electrons. The molecule has 1 aromatic heterocycles. The second kappa shape index (κ2) is 23.5. The molecule has 16 nitrogen and oxygen atoms in total. The van der Waals surface area contributed by atoms with Crippen LogP contribution in [0.2, 0.25) is 0 Å². The Morgan fingerprint density at radius 2 is 1.13 bits per heavy atom. The van der Waals surface area contributed by atoms with Crippen molar-refractivity contribution in [2.45, 2.75) is 43.0 Å². The van der Waals surface area contributed by atoms with Crippen molar-refractivity contribution in [2.24, 2.45) is 0 Å². The van der Waals surface area contributed by atoms with Crippen LogP contribution >= 0.6 is 21.6 Å². The number of anilines is 2. The molecule has 2 aliphatic rings. The third-order valence-corrected chi connectivity index (χ3v) is 12.3. The van der Waals surface area contributed by atoms with Crippen LogP contribution in [0.5, 0.6) is 0 Å². The first-order valence-corrected chi connectivity index (χ1v) is 22.2.